The third-order valence-corrected chi connectivity index (χ3v) is 4.58. The molecule has 0 bridgehead atoms. The number of thiophene rings is 1. The second-order valence-corrected chi connectivity index (χ2v) is 5.89. The molecule has 4 heteroatoms. The quantitative estimate of drug-likeness (QED) is 0.879. The Kier molecular flexibility index (Phi) is 3.46. The van der Waals surface area contributed by atoms with Gasteiger partial charge in [0.1, 0.15) is 6.10 Å². The van der Waals surface area contributed by atoms with Crippen molar-refractivity contribution in [3.8, 4) is 0 Å². The van der Waals surface area contributed by atoms with Gasteiger partial charge in [-0.2, -0.15) is 0 Å². The van der Waals surface area contributed by atoms with Crippen molar-refractivity contribution in [1.82, 2.24) is 0 Å². The molecule has 1 nitrogen and oxygen atoms in total. The average molecular weight is 304 g/mol. The summed E-state index contributed by atoms with van der Waals surface area (Å²) >= 11 is 10.7. The average Bonchev–Trinajstić information content (AvgIpc) is 2.59. The van der Waals surface area contributed by atoms with E-state index >= 15 is 0 Å². The number of hydrogen-bond donors (Lipinski definition) is 1. The summed E-state index contributed by atoms with van der Waals surface area (Å²) in [4.78, 5) is 0.845. The van der Waals surface area contributed by atoms with E-state index in [4.69, 9.17) is 11.6 Å². The van der Waals surface area contributed by atoms with Crippen molar-refractivity contribution in [1.29, 1.82) is 0 Å². The van der Waals surface area contributed by atoms with Crippen molar-refractivity contribution in [2.75, 3.05) is 0 Å². The number of benzene rings is 1. The Morgan fingerprint density at radius 3 is 2.47 bits per heavy atom. The van der Waals surface area contributed by atoms with Gasteiger partial charge in [0.15, 0.2) is 0 Å². The summed E-state index contributed by atoms with van der Waals surface area (Å²) in [6.07, 6.45) is -0.597. The summed E-state index contributed by atoms with van der Waals surface area (Å²) in [6.45, 7) is 0. The van der Waals surface area contributed by atoms with Crippen LogP contribution in [0.5, 0.6) is 0 Å². The van der Waals surface area contributed by atoms with Crippen LogP contribution in [-0.4, -0.2) is 5.11 Å². The van der Waals surface area contributed by atoms with E-state index in [2.05, 4.69) is 15.9 Å². The highest BCUT2D eigenvalue weighted by Crippen LogP contribution is 2.37. The lowest BCUT2D eigenvalue weighted by Crippen LogP contribution is -1.95. The SMILES string of the molecule is OC(c1ccccc1)c1cc(Cl)c(Br)s1. The first-order valence-electron chi connectivity index (χ1n) is 4.36. The maximum Gasteiger partial charge on any atom is 0.113 e. The van der Waals surface area contributed by atoms with Crippen molar-refractivity contribution >= 4 is 38.9 Å². The molecule has 0 fully saturated rings. The second-order valence-electron chi connectivity index (χ2n) is 3.08. The molecule has 0 saturated heterocycles. The van der Waals surface area contributed by atoms with Crippen LogP contribution < -0.4 is 0 Å². The zero-order chi connectivity index (χ0) is 10.8. The van der Waals surface area contributed by atoms with Crippen LogP contribution in [0.4, 0.5) is 0 Å². The van der Waals surface area contributed by atoms with Crippen LogP contribution in [0.25, 0.3) is 0 Å². The van der Waals surface area contributed by atoms with E-state index < -0.39 is 6.10 Å². The molecule has 1 aromatic carbocycles. The van der Waals surface area contributed by atoms with Gasteiger partial charge in [0.05, 0.1) is 8.81 Å². The second kappa shape index (κ2) is 4.66. The summed E-state index contributed by atoms with van der Waals surface area (Å²) in [5.41, 5.74) is 0.878. The highest BCUT2D eigenvalue weighted by molar-refractivity contribution is 9.11. The molecule has 1 unspecified atom stereocenters. The van der Waals surface area contributed by atoms with Crippen molar-refractivity contribution in [2.45, 2.75) is 6.10 Å². The fourth-order valence-electron chi connectivity index (χ4n) is 1.30. The van der Waals surface area contributed by atoms with Crippen LogP contribution in [0.1, 0.15) is 16.5 Å². The van der Waals surface area contributed by atoms with Gasteiger partial charge in [-0.3, -0.25) is 0 Å². The van der Waals surface area contributed by atoms with Crippen molar-refractivity contribution in [2.24, 2.45) is 0 Å². The number of aliphatic hydroxyl groups excluding tert-OH is 1. The summed E-state index contributed by atoms with van der Waals surface area (Å²) in [7, 11) is 0. The Morgan fingerprint density at radius 1 is 1.27 bits per heavy atom. The van der Waals surface area contributed by atoms with Gasteiger partial charge in [0.25, 0.3) is 0 Å². The van der Waals surface area contributed by atoms with Crippen LogP contribution in [0.3, 0.4) is 0 Å². The summed E-state index contributed by atoms with van der Waals surface area (Å²) in [6, 6.07) is 11.3. The molecule has 2 rings (SSSR count). The van der Waals surface area contributed by atoms with Crippen LogP contribution in [0.15, 0.2) is 40.2 Å². The monoisotopic (exact) mass is 302 g/mol. The summed E-state index contributed by atoms with van der Waals surface area (Å²) in [5.74, 6) is 0. The Balaban J connectivity index is 2.32. The molecule has 1 aromatic heterocycles. The molecular weight excluding hydrogens is 296 g/mol. The van der Waals surface area contributed by atoms with Gasteiger partial charge < -0.3 is 5.11 Å². The lowest BCUT2D eigenvalue weighted by Gasteiger charge is -2.07. The summed E-state index contributed by atoms with van der Waals surface area (Å²) in [5, 5.41) is 10.7. The van der Waals surface area contributed by atoms with Crippen molar-refractivity contribution in [3.05, 3.63) is 55.6 Å². The van der Waals surface area contributed by atoms with Crippen LogP contribution in [0.2, 0.25) is 5.02 Å². The van der Waals surface area contributed by atoms with E-state index in [9.17, 15) is 5.11 Å². The predicted molar refractivity (Wildman–Crippen MR) is 67.5 cm³/mol. The fourth-order valence-corrected chi connectivity index (χ4v) is 3.06. The fraction of sp³-hybridized carbons (Fsp3) is 0.0909. The minimum atomic E-state index is -0.597. The molecule has 78 valence electrons. The molecule has 0 amide bonds. The number of hydrogen-bond acceptors (Lipinski definition) is 2. The zero-order valence-electron chi connectivity index (χ0n) is 7.65. The van der Waals surface area contributed by atoms with E-state index in [1.807, 2.05) is 30.3 Å². The highest BCUT2D eigenvalue weighted by atomic mass is 79.9. The van der Waals surface area contributed by atoms with Gasteiger partial charge in [-0.15, -0.1) is 11.3 Å². The predicted octanol–water partition coefficient (Wildman–Crippen LogP) is 4.25. The van der Waals surface area contributed by atoms with Crippen LogP contribution in [0, 0.1) is 0 Å². The van der Waals surface area contributed by atoms with Gasteiger partial charge in [0, 0.05) is 4.88 Å². The normalized spacial score (nSPS) is 12.7. The first-order valence-corrected chi connectivity index (χ1v) is 6.35. The van der Waals surface area contributed by atoms with Crippen molar-refractivity contribution in [3.63, 3.8) is 0 Å². The molecule has 0 spiro atoms. The third kappa shape index (κ3) is 2.42. The Bertz CT molecular complexity index is 435. The summed E-state index contributed by atoms with van der Waals surface area (Å²) < 4.78 is 0.856. The molecule has 0 saturated carbocycles. The smallest absolute Gasteiger partial charge is 0.113 e. The minimum absolute atomic E-state index is 0.597. The lowest BCUT2D eigenvalue weighted by atomic mass is 10.1. The Morgan fingerprint density at radius 2 is 1.93 bits per heavy atom. The number of rotatable bonds is 2. The molecule has 15 heavy (non-hydrogen) atoms. The van der Waals surface area contributed by atoms with E-state index in [1.165, 1.54) is 11.3 Å². The van der Waals surface area contributed by atoms with Crippen LogP contribution >= 0.6 is 38.9 Å². The van der Waals surface area contributed by atoms with Gasteiger partial charge in [-0.1, -0.05) is 41.9 Å². The molecule has 0 aliphatic rings. The Labute approximate surface area is 105 Å². The first-order chi connectivity index (χ1) is 7.18. The minimum Gasteiger partial charge on any atom is -0.383 e. The van der Waals surface area contributed by atoms with Crippen LogP contribution in [-0.2, 0) is 0 Å². The number of halogens is 2. The van der Waals surface area contributed by atoms with Gasteiger partial charge >= 0.3 is 0 Å². The topological polar surface area (TPSA) is 20.2 Å². The maximum absolute atomic E-state index is 10.1. The number of aliphatic hydroxyl groups is 1. The highest BCUT2D eigenvalue weighted by Gasteiger charge is 2.14. The molecule has 0 aliphatic carbocycles. The third-order valence-electron chi connectivity index (χ3n) is 2.05. The lowest BCUT2D eigenvalue weighted by molar-refractivity contribution is 0.224. The van der Waals surface area contributed by atoms with Gasteiger partial charge in [-0.25, -0.2) is 0 Å². The molecular formula is C11H8BrClOS. The first kappa shape index (κ1) is 11.1. The van der Waals surface area contributed by atoms with E-state index in [-0.39, 0.29) is 0 Å². The molecule has 0 radical (unpaired) electrons. The van der Waals surface area contributed by atoms with E-state index in [1.54, 1.807) is 6.07 Å². The Hall–Kier alpha value is -0.350. The molecule has 0 aliphatic heterocycles. The standard InChI is InChI=1S/C11H8BrClOS/c12-11-8(13)6-9(15-11)10(14)7-4-2-1-3-5-7/h1-6,10,14H. The molecule has 2 aromatic rings. The zero-order valence-corrected chi connectivity index (χ0v) is 10.8. The van der Waals surface area contributed by atoms with Gasteiger partial charge in [0.2, 0.25) is 0 Å². The largest absolute Gasteiger partial charge is 0.383 e. The van der Waals surface area contributed by atoms with E-state index in [0.717, 1.165) is 14.2 Å². The van der Waals surface area contributed by atoms with E-state index in [0.29, 0.717) is 5.02 Å². The molecule has 1 atom stereocenters. The maximum atomic E-state index is 10.1. The molecule has 1 heterocycles. The molecule has 1 N–H and O–H groups in total. The van der Waals surface area contributed by atoms with Crippen molar-refractivity contribution < 1.29 is 5.11 Å². The van der Waals surface area contributed by atoms with Gasteiger partial charge in [-0.05, 0) is 27.6 Å².